The zero-order valence-electron chi connectivity index (χ0n) is 16.0. The Morgan fingerprint density at radius 1 is 1.10 bits per heavy atom. The van der Waals surface area contributed by atoms with E-state index in [0.29, 0.717) is 24.9 Å². The van der Waals surface area contributed by atoms with Gasteiger partial charge in [-0.1, -0.05) is 42.5 Å². The molecule has 0 atom stereocenters. The number of benzene rings is 2. The minimum Gasteiger partial charge on any atom is -0.282 e. The molecule has 0 aliphatic heterocycles. The van der Waals surface area contributed by atoms with Crippen molar-refractivity contribution in [2.45, 2.75) is 18.6 Å². The van der Waals surface area contributed by atoms with Gasteiger partial charge >= 0.3 is 0 Å². The van der Waals surface area contributed by atoms with E-state index in [1.165, 1.54) is 28.6 Å². The molecule has 29 heavy (non-hydrogen) atoms. The minimum atomic E-state index is -3.50. The number of nitro groups is 1. The molecule has 0 aliphatic rings. The Morgan fingerprint density at radius 3 is 2.45 bits per heavy atom. The number of aromatic nitrogens is 2. The van der Waals surface area contributed by atoms with Crippen LogP contribution < -0.4 is 0 Å². The van der Waals surface area contributed by atoms with Gasteiger partial charge in [0.25, 0.3) is 5.69 Å². The SMILES string of the molecule is CN(CCCc1cc(-c2ccccc2)n[nH]1)S(=O)(=O)Cc1ccc([N+](=O)[O-])cc1. The molecule has 152 valence electrons. The molecule has 0 unspecified atom stereocenters. The topological polar surface area (TPSA) is 109 Å². The Balaban J connectivity index is 1.52. The molecule has 0 spiro atoms. The van der Waals surface area contributed by atoms with E-state index < -0.39 is 14.9 Å². The summed E-state index contributed by atoms with van der Waals surface area (Å²) in [6.07, 6.45) is 1.32. The van der Waals surface area contributed by atoms with Gasteiger partial charge in [0.1, 0.15) is 0 Å². The normalized spacial score (nSPS) is 11.7. The van der Waals surface area contributed by atoms with Gasteiger partial charge in [0.15, 0.2) is 0 Å². The molecule has 3 rings (SSSR count). The monoisotopic (exact) mass is 414 g/mol. The predicted octanol–water partition coefficient (Wildman–Crippen LogP) is 3.38. The molecule has 9 heteroatoms. The van der Waals surface area contributed by atoms with Gasteiger partial charge in [-0.25, -0.2) is 12.7 Å². The Bertz CT molecular complexity index is 1060. The van der Waals surface area contributed by atoms with E-state index >= 15 is 0 Å². The predicted molar refractivity (Wildman–Crippen MR) is 111 cm³/mol. The van der Waals surface area contributed by atoms with Gasteiger partial charge in [-0.2, -0.15) is 5.10 Å². The van der Waals surface area contributed by atoms with E-state index in [9.17, 15) is 18.5 Å². The second-order valence-electron chi connectivity index (χ2n) is 6.75. The van der Waals surface area contributed by atoms with Crippen LogP contribution in [0.1, 0.15) is 17.7 Å². The quantitative estimate of drug-likeness (QED) is 0.426. The van der Waals surface area contributed by atoms with Crippen LogP contribution in [0.5, 0.6) is 0 Å². The first-order valence-electron chi connectivity index (χ1n) is 9.12. The van der Waals surface area contributed by atoms with Crippen molar-refractivity contribution in [2.24, 2.45) is 0 Å². The lowest BCUT2D eigenvalue weighted by atomic mass is 10.1. The number of rotatable bonds is 9. The third-order valence-corrected chi connectivity index (χ3v) is 6.42. The van der Waals surface area contributed by atoms with Crippen LogP contribution in [0.4, 0.5) is 5.69 Å². The van der Waals surface area contributed by atoms with Crippen LogP contribution >= 0.6 is 0 Å². The van der Waals surface area contributed by atoms with E-state index in [1.54, 1.807) is 7.05 Å². The van der Waals surface area contributed by atoms with Gasteiger partial charge in [0.05, 0.1) is 16.4 Å². The summed E-state index contributed by atoms with van der Waals surface area (Å²) in [6.45, 7) is 0.370. The fourth-order valence-electron chi connectivity index (χ4n) is 2.91. The average Bonchev–Trinajstić information content (AvgIpc) is 3.17. The lowest BCUT2D eigenvalue weighted by Crippen LogP contribution is -2.29. The zero-order chi connectivity index (χ0) is 20.9. The van der Waals surface area contributed by atoms with Crippen molar-refractivity contribution in [3.05, 3.63) is 82.0 Å². The highest BCUT2D eigenvalue weighted by Crippen LogP contribution is 2.18. The molecule has 1 heterocycles. The van der Waals surface area contributed by atoms with E-state index in [1.807, 2.05) is 36.4 Å². The van der Waals surface area contributed by atoms with E-state index in [4.69, 9.17) is 0 Å². The van der Waals surface area contributed by atoms with Crippen LogP contribution in [0.15, 0.2) is 60.7 Å². The van der Waals surface area contributed by atoms with Crippen molar-refractivity contribution in [3.8, 4) is 11.3 Å². The van der Waals surface area contributed by atoms with Crippen molar-refractivity contribution in [1.29, 1.82) is 0 Å². The fourth-order valence-corrected chi connectivity index (χ4v) is 4.15. The maximum Gasteiger partial charge on any atom is 0.269 e. The highest BCUT2D eigenvalue weighted by Gasteiger charge is 2.19. The standard InChI is InChI=1S/C20H22N4O4S/c1-23(29(27,28)15-16-9-11-19(12-10-16)24(25)26)13-5-8-18-14-20(22-21-18)17-6-3-2-4-7-17/h2-4,6-7,9-12,14H,5,8,13,15H2,1H3,(H,21,22). The van der Waals surface area contributed by atoms with Gasteiger partial charge in [-0.15, -0.1) is 0 Å². The maximum atomic E-state index is 12.5. The average molecular weight is 414 g/mol. The van der Waals surface area contributed by atoms with Crippen LogP contribution in [0.2, 0.25) is 0 Å². The van der Waals surface area contributed by atoms with Gasteiger partial charge in [0, 0.05) is 37.0 Å². The molecule has 2 aromatic carbocycles. The third-order valence-electron chi connectivity index (χ3n) is 4.59. The molecule has 0 saturated heterocycles. The summed E-state index contributed by atoms with van der Waals surface area (Å²) in [5.41, 5.74) is 3.29. The first kappa shape index (κ1) is 20.7. The molecule has 0 radical (unpaired) electrons. The third kappa shape index (κ3) is 5.49. The fraction of sp³-hybridized carbons (Fsp3) is 0.250. The summed E-state index contributed by atoms with van der Waals surface area (Å²) in [6, 6.07) is 17.4. The van der Waals surface area contributed by atoms with E-state index in [0.717, 1.165) is 17.0 Å². The molecule has 0 aliphatic carbocycles. The van der Waals surface area contributed by atoms with Gasteiger partial charge < -0.3 is 0 Å². The molecule has 1 N–H and O–H groups in total. The zero-order valence-corrected chi connectivity index (χ0v) is 16.8. The molecule has 0 amide bonds. The number of sulfonamides is 1. The molecular weight excluding hydrogens is 392 g/mol. The Morgan fingerprint density at radius 2 is 1.79 bits per heavy atom. The molecule has 1 aromatic heterocycles. The molecule has 0 fully saturated rings. The summed E-state index contributed by atoms with van der Waals surface area (Å²) >= 11 is 0. The Hall–Kier alpha value is -3.04. The highest BCUT2D eigenvalue weighted by atomic mass is 32.2. The Kier molecular flexibility index (Phi) is 6.40. The molecule has 3 aromatic rings. The number of nitrogens with one attached hydrogen (secondary N) is 1. The van der Waals surface area contributed by atoms with Crippen molar-refractivity contribution in [3.63, 3.8) is 0 Å². The van der Waals surface area contributed by atoms with Crippen LogP contribution in [0.3, 0.4) is 0 Å². The smallest absolute Gasteiger partial charge is 0.269 e. The summed E-state index contributed by atoms with van der Waals surface area (Å²) in [5, 5.41) is 18.0. The lowest BCUT2D eigenvalue weighted by molar-refractivity contribution is -0.384. The number of hydrogen-bond acceptors (Lipinski definition) is 5. The van der Waals surface area contributed by atoms with E-state index in [2.05, 4.69) is 10.2 Å². The largest absolute Gasteiger partial charge is 0.282 e. The van der Waals surface area contributed by atoms with E-state index in [-0.39, 0.29) is 11.4 Å². The van der Waals surface area contributed by atoms with Crippen LogP contribution in [-0.2, 0) is 22.2 Å². The number of nitrogens with zero attached hydrogens (tertiary/aromatic N) is 3. The van der Waals surface area contributed by atoms with Crippen molar-refractivity contribution in [2.75, 3.05) is 13.6 Å². The van der Waals surface area contributed by atoms with Crippen LogP contribution in [0.25, 0.3) is 11.3 Å². The number of H-pyrrole nitrogens is 1. The summed E-state index contributed by atoms with van der Waals surface area (Å²) < 4.78 is 26.4. The van der Waals surface area contributed by atoms with Crippen molar-refractivity contribution in [1.82, 2.24) is 14.5 Å². The molecule has 0 bridgehead atoms. The van der Waals surface area contributed by atoms with Gasteiger partial charge in [-0.05, 0) is 24.5 Å². The maximum absolute atomic E-state index is 12.5. The molecular formula is C20H22N4O4S. The van der Waals surface area contributed by atoms with Crippen LogP contribution in [-0.4, -0.2) is 41.4 Å². The lowest BCUT2D eigenvalue weighted by Gasteiger charge is -2.17. The summed E-state index contributed by atoms with van der Waals surface area (Å²) in [4.78, 5) is 10.2. The Labute approximate surface area is 169 Å². The first-order valence-corrected chi connectivity index (χ1v) is 10.7. The van der Waals surface area contributed by atoms with Crippen LogP contribution in [0, 0.1) is 10.1 Å². The number of aromatic amines is 1. The number of hydrogen-bond donors (Lipinski definition) is 1. The number of nitro benzene ring substituents is 1. The van der Waals surface area contributed by atoms with Crippen molar-refractivity contribution < 1.29 is 13.3 Å². The number of aryl methyl sites for hydroxylation is 1. The first-order chi connectivity index (χ1) is 13.8. The summed E-state index contributed by atoms with van der Waals surface area (Å²) in [5.74, 6) is -0.191. The highest BCUT2D eigenvalue weighted by molar-refractivity contribution is 7.88. The summed E-state index contributed by atoms with van der Waals surface area (Å²) in [7, 11) is -1.96. The molecule has 0 saturated carbocycles. The second-order valence-corrected chi connectivity index (χ2v) is 8.83. The molecule has 8 nitrogen and oxygen atoms in total. The van der Waals surface area contributed by atoms with Crippen molar-refractivity contribution >= 4 is 15.7 Å². The number of non-ortho nitro benzene ring substituents is 1. The van der Waals surface area contributed by atoms with Gasteiger partial charge in [-0.3, -0.25) is 15.2 Å². The minimum absolute atomic E-state index is 0.0612. The second kappa shape index (κ2) is 8.97. The van der Waals surface area contributed by atoms with Gasteiger partial charge in [0.2, 0.25) is 10.0 Å².